The fourth-order valence-electron chi connectivity index (χ4n) is 4.39. The van der Waals surface area contributed by atoms with Crippen LogP contribution in [0.3, 0.4) is 0 Å². The van der Waals surface area contributed by atoms with Gasteiger partial charge in [-0.1, -0.05) is 25.7 Å². The van der Waals surface area contributed by atoms with E-state index < -0.39 is 10.0 Å². The quantitative estimate of drug-likeness (QED) is 0.823. The van der Waals surface area contributed by atoms with E-state index in [2.05, 4.69) is 16.3 Å². The zero-order valence-electron chi connectivity index (χ0n) is 15.2. The van der Waals surface area contributed by atoms with Gasteiger partial charge >= 0.3 is 0 Å². The number of rotatable bonds is 5. The van der Waals surface area contributed by atoms with Crippen LogP contribution >= 0.6 is 0 Å². The van der Waals surface area contributed by atoms with Crippen LogP contribution in [0.25, 0.3) is 0 Å². The predicted octanol–water partition coefficient (Wildman–Crippen LogP) is 2.81. The highest BCUT2D eigenvalue weighted by Gasteiger charge is 2.38. The van der Waals surface area contributed by atoms with E-state index in [-0.39, 0.29) is 10.4 Å². The number of nitrogens with zero attached hydrogens (tertiary/aromatic N) is 2. The summed E-state index contributed by atoms with van der Waals surface area (Å²) in [6.45, 7) is 3.09. The molecule has 142 valence electrons. The number of hydrogen-bond acceptors (Lipinski definition) is 5. The Kier molecular flexibility index (Phi) is 5.86. The van der Waals surface area contributed by atoms with Crippen molar-refractivity contribution in [2.75, 3.05) is 25.0 Å². The summed E-state index contributed by atoms with van der Waals surface area (Å²) in [4.78, 5) is 2.62. The third-order valence-corrected chi connectivity index (χ3v) is 6.77. The van der Waals surface area contributed by atoms with Gasteiger partial charge in [0.05, 0.1) is 16.1 Å². The molecule has 2 fully saturated rings. The average Bonchev–Trinajstić information content (AvgIpc) is 2.67. The molecule has 1 aromatic carbocycles. The maximum Gasteiger partial charge on any atom is 0.238 e. The van der Waals surface area contributed by atoms with Gasteiger partial charge in [-0.15, -0.1) is 0 Å². The Balaban J connectivity index is 1.80. The predicted molar refractivity (Wildman–Crippen MR) is 102 cm³/mol. The molecule has 7 heteroatoms. The molecule has 0 aromatic heterocycles. The lowest BCUT2D eigenvalue weighted by molar-refractivity contribution is 0.0437. The van der Waals surface area contributed by atoms with Crippen molar-refractivity contribution < 1.29 is 8.42 Å². The average molecular weight is 377 g/mol. The molecule has 26 heavy (non-hydrogen) atoms. The van der Waals surface area contributed by atoms with Crippen molar-refractivity contribution in [3.05, 3.63) is 23.8 Å². The van der Waals surface area contributed by atoms with Gasteiger partial charge in [-0.3, -0.25) is 4.90 Å². The zero-order chi connectivity index (χ0) is 18.6. The van der Waals surface area contributed by atoms with Crippen LogP contribution in [0, 0.1) is 11.3 Å². The second-order valence-corrected chi connectivity index (χ2v) is 9.11. The number of benzene rings is 1. The summed E-state index contributed by atoms with van der Waals surface area (Å²) in [5.41, 5.74) is 1.15. The van der Waals surface area contributed by atoms with Crippen molar-refractivity contribution in [1.82, 2.24) is 4.90 Å². The van der Waals surface area contributed by atoms with Gasteiger partial charge in [0.15, 0.2) is 0 Å². The minimum atomic E-state index is -3.80. The van der Waals surface area contributed by atoms with Gasteiger partial charge in [0.25, 0.3) is 0 Å². The van der Waals surface area contributed by atoms with Crippen LogP contribution in [0.15, 0.2) is 23.1 Å². The minimum Gasteiger partial charge on any atom is -0.382 e. The summed E-state index contributed by atoms with van der Waals surface area (Å²) in [5.74, 6) is 0. The Bertz CT molecular complexity index is 773. The van der Waals surface area contributed by atoms with Crippen LogP contribution in [-0.2, 0) is 10.0 Å². The van der Waals surface area contributed by atoms with Gasteiger partial charge in [0.2, 0.25) is 10.0 Å². The van der Waals surface area contributed by atoms with Gasteiger partial charge in [0, 0.05) is 12.1 Å². The molecule has 1 aliphatic heterocycles. The molecule has 1 aromatic rings. The molecular weight excluding hydrogens is 348 g/mol. The molecule has 3 rings (SSSR count). The first-order chi connectivity index (χ1) is 12.4. The largest absolute Gasteiger partial charge is 0.382 e. The van der Waals surface area contributed by atoms with E-state index in [9.17, 15) is 13.7 Å². The Morgan fingerprint density at radius 3 is 2.38 bits per heavy atom. The Morgan fingerprint density at radius 2 is 1.77 bits per heavy atom. The summed E-state index contributed by atoms with van der Waals surface area (Å²) in [7, 11) is -3.80. The topological polar surface area (TPSA) is 99.2 Å². The van der Waals surface area contributed by atoms with Crippen molar-refractivity contribution in [1.29, 1.82) is 5.26 Å². The van der Waals surface area contributed by atoms with E-state index in [0.29, 0.717) is 11.3 Å². The zero-order valence-corrected chi connectivity index (χ0v) is 16.0. The van der Waals surface area contributed by atoms with E-state index in [1.807, 2.05) is 0 Å². The van der Waals surface area contributed by atoms with Crippen molar-refractivity contribution in [2.45, 2.75) is 61.8 Å². The van der Waals surface area contributed by atoms with Crippen LogP contribution < -0.4 is 10.5 Å². The molecule has 2 aliphatic rings. The number of nitrogens with one attached hydrogen (secondary N) is 1. The van der Waals surface area contributed by atoms with Gasteiger partial charge < -0.3 is 5.32 Å². The monoisotopic (exact) mass is 376 g/mol. The standard InChI is InChI=1S/C19H28N4O2S/c20-14-16-13-17(26(21,24)25)7-8-18(16)22-15-19(9-3-1-4-10-19)23-11-5-2-6-12-23/h7-8,13,22H,1-6,9-12,15H2,(H2,21,24,25). The molecule has 6 nitrogen and oxygen atoms in total. The third-order valence-electron chi connectivity index (χ3n) is 5.86. The highest BCUT2D eigenvalue weighted by Crippen LogP contribution is 2.36. The molecule has 1 saturated heterocycles. The molecular formula is C19H28N4O2S. The molecule has 1 saturated carbocycles. The number of nitriles is 1. The lowest BCUT2D eigenvalue weighted by Crippen LogP contribution is -2.56. The summed E-state index contributed by atoms with van der Waals surface area (Å²) < 4.78 is 23.0. The number of primary sulfonamides is 1. The van der Waals surface area contributed by atoms with Crippen LogP contribution in [0.2, 0.25) is 0 Å². The molecule has 0 unspecified atom stereocenters. The van der Waals surface area contributed by atoms with Crippen molar-refractivity contribution in [3.8, 4) is 6.07 Å². The number of piperidine rings is 1. The van der Waals surface area contributed by atoms with Gasteiger partial charge in [-0.05, 0) is 57.0 Å². The fraction of sp³-hybridized carbons (Fsp3) is 0.632. The first-order valence-electron chi connectivity index (χ1n) is 9.51. The molecule has 0 bridgehead atoms. The minimum absolute atomic E-state index is 0.0250. The van der Waals surface area contributed by atoms with Crippen molar-refractivity contribution in [3.63, 3.8) is 0 Å². The molecule has 0 radical (unpaired) electrons. The second-order valence-electron chi connectivity index (χ2n) is 7.55. The number of hydrogen-bond donors (Lipinski definition) is 2. The fourth-order valence-corrected chi connectivity index (χ4v) is 4.93. The van der Waals surface area contributed by atoms with Crippen LogP contribution in [0.1, 0.15) is 56.9 Å². The molecule has 0 spiro atoms. The van der Waals surface area contributed by atoms with E-state index in [4.69, 9.17) is 5.14 Å². The van der Waals surface area contributed by atoms with Crippen LogP contribution in [0.5, 0.6) is 0 Å². The maximum absolute atomic E-state index is 11.5. The second kappa shape index (κ2) is 7.95. The third kappa shape index (κ3) is 4.20. The van der Waals surface area contributed by atoms with Gasteiger partial charge in [-0.25, -0.2) is 13.6 Å². The highest BCUT2D eigenvalue weighted by atomic mass is 32.2. The van der Waals surface area contributed by atoms with Gasteiger partial charge in [-0.2, -0.15) is 5.26 Å². The first-order valence-corrected chi connectivity index (χ1v) is 11.1. The molecule has 1 heterocycles. The van der Waals surface area contributed by atoms with Crippen molar-refractivity contribution in [2.24, 2.45) is 5.14 Å². The number of anilines is 1. The van der Waals surface area contributed by atoms with Crippen LogP contribution in [-0.4, -0.2) is 38.5 Å². The van der Waals surface area contributed by atoms with E-state index in [1.54, 1.807) is 6.07 Å². The molecule has 0 atom stereocenters. The SMILES string of the molecule is N#Cc1cc(S(N)(=O)=O)ccc1NCC1(N2CCCCC2)CCCCC1. The van der Waals surface area contributed by atoms with E-state index in [1.165, 1.54) is 63.5 Å². The number of likely N-dealkylation sites (tertiary alicyclic amines) is 1. The number of sulfonamides is 1. The van der Waals surface area contributed by atoms with E-state index >= 15 is 0 Å². The van der Waals surface area contributed by atoms with Gasteiger partial charge in [0.1, 0.15) is 6.07 Å². The summed E-state index contributed by atoms with van der Waals surface area (Å²) in [6, 6.07) is 6.57. The van der Waals surface area contributed by atoms with Crippen LogP contribution in [0.4, 0.5) is 5.69 Å². The number of nitrogens with two attached hydrogens (primary N) is 1. The normalized spacial score (nSPS) is 21.1. The molecule has 3 N–H and O–H groups in total. The summed E-state index contributed by atoms with van der Waals surface area (Å²) >= 11 is 0. The Hall–Kier alpha value is -1.62. The van der Waals surface area contributed by atoms with Crippen molar-refractivity contribution >= 4 is 15.7 Å². The van der Waals surface area contributed by atoms with E-state index in [0.717, 1.165) is 19.6 Å². The Labute approximate surface area is 156 Å². The molecule has 0 amide bonds. The molecule has 1 aliphatic carbocycles. The Morgan fingerprint density at radius 1 is 1.12 bits per heavy atom. The smallest absolute Gasteiger partial charge is 0.238 e. The summed E-state index contributed by atoms with van der Waals surface area (Å²) in [6.07, 6.45) is 9.97. The first kappa shape index (κ1) is 19.2. The summed E-state index contributed by atoms with van der Waals surface area (Å²) in [5, 5.41) is 18.0. The maximum atomic E-state index is 11.5. The lowest BCUT2D eigenvalue weighted by atomic mass is 9.79. The highest BCUT2D eigenvalue weighted by molar-refractivity contribution is 7.89. The lowest BCUT2D eigenvalue weighted by Gasteiger charge is -2.48.